The normalized spacial score (nSPS) is 10.5. The van der Waals surface area contributed by atoms with Gasteiger partial charge in [0.25, 0.3) is 11.4 Å². The van der Waals surface area contributed by atoms with E-state index in [9.17, 15) is 20.2 Å². The number of nitro groups is 2. The van der Waals surface area contributed by atoms with Crippen molar-refractivity contribution in [3.8, 4) is 10.6 Å². The van der Waals surface area contributed by atoms with Crippen LogP contribution in [0.3, 0.4) is 0 Å². The Hall–Kier alpha value is -2.78. The summed E-state index contributed by atoms with van der Waals surface area (Å²) in [4.78, 5) is 26.2. The van der Waals surface area contributed by atoms with Gasteiger partial charge in [0, 0.05) is 28.1 Å². The molecule has 0 bridgehead atoms. The summed E-state index contributed by atoms with van der Waals surface area (Å²) in [6.45, 7) is 0. The molecule has 1 heterocycles. The minimum atomic E-state index is -0.648. The van der Waals surface area contributed by atoms with Crippen molar-refractivity contribution in [1.82, 2.24) is 4.98 Å². The van der Waals surface area contributed by atoms with E-state index >= 15 is 0 Å². The molecule has 3 rings (SSSR count). The van der Waals surface area contributed by atoms with Crippen LogP contribution >= 0.6 is 23.1 Å². The summed E-state index contributed by atoms with van der Waals surface area (Å²) in [6.07, 6.45) is 1.69. The van der Waals surface area contributed by atoms with Gasteiger partial charge in [-0.05, 0) is 12.1 Å². The van der Waals surface area contributed by atoms with Crippen molar-refractivity contribution in [2.75, 3.05) is 0 Å². The third-order valence-electron chi connectivity index (χ3n) is 3.12. The van der Waals surface area contributed by atoms with Crippen molar-refractivity contribution in [2.45, 2.75) is 9.79 Å². The summed E-state index contributed by atoms with van der Waals surface area (Å²) in [5.41, 5.74) is 0.271. The first-order chi connectivity index (χ1) is 11.6. The molecule has 0 fully saturated rings. The van der Waals surface area contributed by atoms with Gasteiger partial charge in [0.1, 0.15) is 5.01 Å². The molecule has 24 heavy (non-hydrogen) atoms. The Morgan fingerprint density at radius 3 is 2.46 bits per heavy atom. The van der Waals surface area contributed by atoms with Gasteiger partial charge >= 0.3 is 0 Å². The molecule has 0 saturated heterocycles. The van der Waals surface area contributed by atoms with Crippen molar-refractivity contribution in [3.05, 3.63) is 74.3 Å². The van der Waals surface area contributed by atoms with Gasteiger partial charge in [-0.15, -0.1) is 11.3 Å². The molecule has 9 heteroatoms. The average molecular weight is 359 g/mol. The Bertz CT molecular complexity index is 913. The number of hydrogen-bond donors (Lipinski definition) is 0. The Morgan fingerprint density at radius 1 is 1.00 bits per heavy atom. The molecule has 3 aromatic rings. The van der Waals surface area contributed by atoms with Crippen LogP contribution in [-0.2, 0) is 0 Å². The van der Waals surface area contributed by atoms with Gasteiger partial charge in [-0.25, -0.2) is 4.98 Å². The molecule has 0 aliphatic carbocycles. The van der Waals surface area contributed by atoms with E-state index in [4.69, 9.17) is 0 Å². The van der Waals surface area contributed by atoms with Crippen LogP contribution < -0.4 is 0 Å². The van der Waals surface area contributed by atoms with Crippen molar-refractivity contribution in [2.24, 2.45) is 0 Å². The molecule has 0 unspecified atom stereocenters. The maximum Gasteiger partial charge on any atom is 0.290 e. The average Bonchev–Trinajstić information content (AvgIpc) is 3.09. The molecule has 0 amide bonds. The van der Waals surface area contributed by atoms with Crippen LogP contribution in [0.5, 0.6) is 0 Å². The van der Waals surface area contributed by atoms with Crippen molar-refractivity contribution >= 4 is 34.5 Å². The van der Waals surface area contributed by atoms with E-state index < -0.39 is 9.85 Å². The van der Waals surface area contributed by atoms with Gasteiger partial charge in [0.15, 0.2) is 0 Å². The first kappa shape index (κ1) is 16.1. The highest BCUT2D eigenvalue weighted by Crippen LogP contribution is 2.41. The second kappa shape index (κ2) is 6.77. The van der Waals surface area contributed by atoms with E-state index in [2.05, 4.69) is 4.98 Å². The number of thiazole rings is 1. The van der Waals surface area contributed by atoms with Crippen molar-refractivity contribution in [1.29, 1.82) is 0 Å². The summed E-state index contributed by atoms with van der Waals surface area (Å²) in [5, 5.41) is 24.7. The topological polar surface area (TPSA) is 99.2 Å². The fourth-order valence-electron chi connectivity index (χ4n) is 2.06. The van der Waals surface area contributed by atoms with Gasteiger partial charge in [0.05, 0.1) is 20.8 Å². The fraction of sp³-hybridized carbons (Fsp3) is 0. The second-order valence-electron chi connectivity index (χ2n) is 4.60. The van der Waals surface area contributed by atoms with Crippen LogP contribution in [0, 0.1) is 20.2 Å². The molecule has 2 aromatic carbocycles. The molecule has 0 aliphatic heterocycles. The zero-order valence-electron chi connectivity index (χ0n) is 12.0. The number of nitrogens with zero attached hydrogens (tertiary/aromatic N) is 3. The number of nitro benzene ring substituents is 2. The lowest BCUT2D eigenvalue weighted by Gasteiger charge is -2.07. The van der Waals surface area contributed by atoms with Gasteiger partial charge in [-0.1, -0.05) is 30.0 Å². The molecule has 0 spiro atoms. The monoisotopic (exact) mass is 359 g/mol. The fourth-order valence-corrected chi connectivity index (χ4v) is 3.83. The largest absolute Gasteiger partial charge is 0.290 e. The predicted molar refractivity (Wildman–Crippen MR) is 91.4 cm³/mol. The lowest BCUT2D eigenvalue weighted by molar-refractivity contribution is -0.396. The lowest BCUT2D eigenvalue weighted by Crippen LogP contribution is -1.94. The van der Waals surface area contributed by atoms with E-state index in [0.29, 0.717) is 4.90 Å². The molecule has 120 valence electrons. The highest BCUT2D eigenvalue weighted by Gasteiger charge is 2.21. The molecule has 0 radical (unpaired) electrons. The molecule has 1 aromatic heterocycles. The molecule has 7 nitrogen and oxygen atoms in total. The van der Waals surface area contributed by atoms with Gasteiger partial charge in [-0.2, -0.15) is 0 Å². The summed E-state index contributed by atoms with van der Waals surface area (Å²) < 4.78 is 0. The number of hydrogen-bond acceptors (Lipinski definition) is 7. The number of rotatable bonds is 5. The minimum absolute atomic E-state index is 0.289. The first-order valence-corrected chi connectivity index (χ1v) is 8.35. The van der Waals surface area contributed by atoms with E-state index in [1.165, 1.54) is 35.2 Å². The van der Waals surface area contributed by atoms with Crippen molar-refractivity contribution in [3.63, 3.8) is 0 Å². The van der Waals surface area contributed by atoms with Crippen LogP contribution in [0.4, 0.5) is 11.4 Å². The Kier molecular flexibility index (Phi) is 4.54. The summed E-state index contributed by atoms with van der Waals surface area (Å²) in [7, 11) is 0. The van der Waals surface area contributed by atoms with Crippen LogP contribution in [0.25, 0.3) is 10.6 Å². The molecular weight excluding hydrogens is 350 g/mol. The Labute approximate surface area is 144 Å². The van der Waals surface area contributed by atoms with Gasteiger partial charge in [-0.3, -0.25) is 20.2 Å². The highest BCUT2D eigenvalue weighted by molar-refractivity contribution is 7.99. The summed E-state index contributed by atoms with van der Waals surface area (Å²) in [5.74, 6) is 0. The van der Waals surface area contributed by atoms with Crippen molar-refractivity contribution < 1.29 is 9.85 Å². The van der Waals surface area contributed by atoms with Crippen LogP contribution in [0.2, 0.25) is 0 Å². The third-order valence-corrected chi connectivity index (χ3v) is 5.07. The van der Waals surface area contributed by atoms with Gasteiger partial charge in [0.2, 0.25) is 0 Å². The number of non-ortho nitro benzene ring substituents is 1. The van der Waals surface area contributed by atoms with E-state index in [-0.39, 0.29) is 11.4 Å². The second-order valence-corrected chi connectivity index (χ2v) is 6.58. The molecule has 0 atom stereocenters. The first-order valence-electron chi connectivity index (χ1n) is 6.66. The van der Waals surface area contributed by atoms with Crippen LogP contribution in [0.15, 0.2) is 63.8 Å². The zero-order valence-corrected chi connectivity index (χ0v) is 13.6. The number of aromatic nitrogens is 1. The SMILES string of the molecule is O=[N+]([O-])c1ccc(Sc2ccccc2-c2nccs2)c([N+](=O)[O-])c1. The lowest BCUT2D eigenvalue weighted by atomic mass is 10.2. The standard InChI is InChI=1S/C15H9N3O4S2/c19-17(20)10-5-6-14(12(9-10)18(21)22)24-13-4-2-1-3-11(13)15-16-7-8-23-15/h1-9H. The zero-order chi connectivity index (χ0) is 17.1. The molecule has 0 aliphatic rings. The minimum Gasteiger partial charge on any atom is -0.258 e. The predicted octanol–water partition coefficient (Wildman–Crippen LogP) is 4.78. The Balaban J connectivity index is 2.04. The molecular formula is C15H9N3O4S2. The van der Waals surface area contributed by atoms with E-state index in [0.717, 1.165) is 21.5 Å². The highest BCUT2D eigenvalue weighted by atomic mass is 32.2. The van der Waals surface area contributed by atoms with Gasteiger partial charge < -0.3 is 0 Å². The number of benzene rings is 2. The van der Waals surface area contributed by atoms with E-state index in [1.54, 1.807) is 6.20 Å². The smallest absolute Gasteiger partial charge is 0.258 e. The maximum absolute atomic E-state index is 11.3. The third kappa shape index (κ3) is 3.26. The quantitative estimate of drug-likeness (QED) is 0.480. The Morgan fingerprint density at radius 2 is 1.79 bits per heavy atom. The maximum atomic E-state index is 11.3. The molecule has 0 N–H and O–H groups in total. The van der Waals surface area contributed by atoms with Crippen LogP contribution in [0.1, 0.15) is 0 Å². The van der Waals surface area contributed by atoms with E-state index in [1.807, 2.05) is 29.6 Å². The van der Waals surface area contributed by atoms with Crippen LogP contribution in [-0.4, -0.2) is 14.8 Å². The summed E-state index contributed by atoms with van der Waals surface area (Å²) in [6, 6.07) is 11.1. The molecule has 0 saturated carbocycles. The summed E-state index contributed by atoms with van der Waals surface area (Å²) >= 11 is 2.66.